The summed E-state index contributed by atoms with van der Waals surface area (Å²) in [5.74, 6) is -0.0586. The lowest BCUT2D eigenvalue weighted by Crippen LogP contribution is -2.26. The van der Waals surface area contributed by atoms with E-state index in [2.05, 4.69) is 33.5 Å². The third kappa shape index (κ3) is 2.80. The smallest absolute Gasteiger partial charge is 0.251 e. The Kier molecular flexibility index (Phi) is 3.81. The number of aryl methyl sites for hydroxylation is 2. The topological polar surface area (TPSA) is 57.8 Å². The third-order valence-corrected chi connectivity index (χ3v) is 4.90. The van der Waals surface area contributed by atoms with Crippen LogP contribution in [0.3, 0.4) is 0 Å². The maximum Gasteiger partial charge on any atom is 0.251 e. The Balaban J connectivity index is 1.52. The third-order valence-electron chi connectivity index (χ3n) is 4.90. The summed E-state index contributed by atoms with van der Waals surface area (Å²) in [5.41, 5.74) is 6.48. The summed E-state index contributed by atoms with van der Waals surface area (Å²) in [5, 5.41) is 3.10. The van der Waals surface area contributed by atoms with Gasteiger partial charge in [0.2, 0.25) is 0 Å². The second-order valence-electron chi connectivity index (χ2n) is 6.56. The molecule has 24 heavy (non-hydrogen) atoms. The second kappa shape index (κ2) is 6.11. The molecule has 122 valence electrons. The zero-order chi connectivity index (χ0) is 16.5. The van der Waals surface area contributed by atoms with Crippen molar-refractivity contribution in [3.8, 4) is 0 Å². The minimum atomic E-state index is -0.0586. The number of carbonyl (C=O) groups excluding carboxylic acids is 1. The van der Waals surface area contributed by atoms with Crippen LogP contribution in [0.1, 0.15) is 52.9 Å². The average Bonchev–Trinajstić information content (AvgIpc) is 3.08. The molecule has 2 aromatic carbocycles. The predicted octanol–water partition coefficient (Wildman–Crippen LogP) is 3.93. The van der Waals surface area contributed by atoms with Crippen LogP contribution >= 0.6 is 0 Å². The van der Waals surface area contributed by atoms with Crippen LogP contribution in [-0.4, -0.2) is 15.9 Å². The van der Waals surface area contributed by atoms with Gasteiger partial charge in [0.25, 0.3) is 5.91 Å². The van der Waals surface area contributed by atoms with Crippen molar-refractivity contribution in [1.82, 2.24) is 15.3 Å². The molecule has 0 bridgehead atoms. The summed E-state index contributed by atoms with van der Waals surface area (Å²) in [6, 6.07) is 12.1. The Bertz CT molecular complexity index is 897. The summed E-state index contributed by atoms with van der Waals surface area (Å²) < 4.78 is 0. The van der Waals surface area contributed by atoms with Crippen LogP contribution in [0, 0.1) is 0 Å². The minimum absolute atomic E-state index is 0.0119. The Hall–Kier alpha value is -2.62. The number of nitrogens with one attached hydrogen (secondary N) is 2. The van der Waals surface area contributed by atoms with Gasteiger partial charge in [-0.3, -0.25) is 4.79 Å². The van der Waals surface area contributed by atoms with Crippen molar-refractivity contribution in [2.75, 3.05) is 0 Å². The molecule has 1 aliphatic rings. The van der Waals surface area contributed by atoms with E-state index in [9.17, 15) is 4.79 Å². The monoisotopic (exact) mass is 319 g/mol. The first kappa shape index (κ1) is 14.9. The molecule has 0 fully saturated rings. The Labute approximate surface area is 141 Å². The Morgan fingerprint density at radius 3 is 2.83 bits per heavy atom. The molecule has 0 unspecified atom stereocenters. The van der Waals surface area contributed by atoms with E-state index in [4.69, 9.17) is 0 Å². The maximum atomic E-state index is 12.5. The molecule has 0 saturated heterocycles. The van der Waals surface area contributed by atoms with E-state index in [1.54, 1.807) is 6.33 Å². The van der Waals surface area contributed by atoms with E-state index in [0.717, 1.165) is 17.5 Å². The molecule has 4 heteroatoms. The van der Waals surface area contributed by atoms with Crippen LogP contribution in [0.5, 0.6) is 0 Å². The SMILES string of the molecule is C[C@H](NC(=O)c1ccc2nc[nH]c2c1)c1ccc2c(c1)CCCC2. The van der Waals surface area contributed by atoms with E-state index in [1.807, 2.05) is 25.1 Å². The molecule has 4 nitrogen and oxygen atoms in total. The fraction of sp³-hybridized carbons (Fsp3) is 0.300. The van der Waals surface area contributed by atoms with Crippen molar-refractivity contribution < 1.29 is 4.79 Å². The second-order valence-corrected chi connectivity index (χ2v) is 6.56. The van der Waals surface area contributed by atoms with E-state index in [0.29, 0.717) is 5.56 Å². The Morgan fingerprint density at radius 1 is 1.12 bits per heavy atom. The number of aromatic amines is 1. The first-order valence-electron chi connectivity index (χ1n) is 8.56. The van der Waals surface area contributed by atoms with Crippen LogP contribution in [0.15, 0.2) is 42.7 Å². The van der Waals surface area contributed by atoms with Gasteiger partial charge in [-0.05, 0) is 67.5 Å². The standard InChI is InChI=1S/C20H21N3O/c1-13(15-7-6-14-4-2-3-5-16(14)10-15)23-20(24)17-8-9-18-19(11-17)22-12-21-18/h6-13H,2-5H2,1H3,(H,21,22)(H,23,24)/t13-/m0/s1. The van der Waals surface area contributed by atoms with Gasteiger partial charge >= 0.3 is 0 Å². The van der Waals surface area contributed by atoms with E-state index >= 15 is 0 Å². The molecule has 4 rings (SSSR count). The van der Waals surface area contributed by atoms with Gasteiger partial charge in [-0.25, -0.2) is 4.98 Å². The fourth-order valence-electron chi connectivity index (χ4n) is 3.46. The summed E-state index contributed by atoms with van der Waals surface area (Å²) in [6.45, 7) is 2.04. The average molecular weight is 319 g/mol. The van der Waals surface area contributed by atoms with E-state index < -0.39 is 0 Å². The first-order chi connectivity index (χ1) is 11.7. The minimum Gasteiger partial charge on any atom is -0.346 e. The van der Waals surface area contributed by atoms with Gasteiger partial charge in [-0.2, -0.15) is 0 Å². The van der Waals surface area contributed by atoms with Gasteiger partial charge in [0.15, 0.2) is 0 Å². The number of benzene rings is 2. The molecule has 1 heterocycles. The van der Waals surface area contributed by atoms with Gasteiger partial charge in [0.05, 0.1) is 23.4 Å². The van der Waals surface area contributed by atoms with Gasteiger partial charge in [-0.15, -0.1) is 0 Å². The summed E-state index contributed by atoms with van der Waals surface area (Å²) in [4.78, 5) is 19.8. The molecule has 0 saturated carbocycles. The normalized spacial score (nSPS) is 15.0. The number of carbonyl (C=O) groups is 1. The lowest BCUT2D eigenvalue weighted by molar-refractivity contribution is 0.0940. The molecular weight excluding hydrogens is 298 g/mol. The van der Waals surface area contributed by atoms with Crippen LogP contribution in [-0.2, 0) is 12.8 Å². The van der Waals surface area contributed by atoms with Crippen molar-refractivity contribution in [2.24, 2.45) is 0 Å². The molecule has 0 radical (unpaired) electrons. The first-order valence-corrected chi connectivity index (χ1v) is 8.56. The van der Waals surface area contributed by atoms with Crippen molar-refractivity contribution in [3.05, 3.63) is 65.0 Å². The highest BCUT2D eigenvalue weighted by Crippen LogP contribution is 2.25. The van der Waals surface area contributed by atoms with Crippen LogP contribution < -0.4 is 5.32 Å². The number of nitrogens with zero attached hydrogens (tertiary/aromatic N) is 1. The highest BCUT2D eigenvalue weighted by atomic mass is 16.1. The Morgan fingerprint density at radius 2 is 1.96 bits per heavy atom. The lowest BCUT2D eigenvalue weighted by atomic mass is 9.89. The number of H-pyrrole nitrogens is 1. The van der Waals surface area contributed by atoms with Crippen LogP contribution in [0.25, 0.3) is 11.0 Å². The van der Waals surface area contributed by atoms with Gasteiger partial charge in [-0.1, -0.05) is 18.2 Å². The summed E-state index contributed by atoms with van der Waals surface area (Å²) >= 11 is 0. The molecule has 1 atom stereocenters. The van der Waals surface area contributed by atoms with Crippen LogP contribution in [0.2, 0.25) is 0 Å². The van der Waals surface area contributed by atoms with Crippen molar-refractivity contribution in [2.45, 2.75) is 38.6 Å². The number of imidazole rings is 1. The zero-order valence-electron chi connectivity index (χ0n) is 13.8. The molecule has 0 aliphatic heterocycles. The lowest BCUT2D eigenvalue weighted by Gasteiger charge is -2.20. The molecule has 1 aliphatic carbocycles. The van der Waals surface area contributed by atoms with E-state index in [-0.39, 0.29) is 11.9 Å². The largest absolute Gasteiger partial charge is 0.346 e. The molecular formula is C20H21N3O. The van der Waals surface area contributed by atoms with Crippen LogP contribution in [0.4, 0.5) is 0 Å². The van der Waals surface area contributed by atoms with Gasteiger partial charge < -0.3 is 10.3 Å². The number of hydrogen-bond acceptors (Lipinski definition) is 2. The predicted molar refractivity (Wildman–Crippen MR) is 95.1 cm³/mol. The molecule has 0 spiro atoms. The molecule has 2 N–H and O–H groups in total. The van der Waals surface area contributed by atoms with Gasteiger partial charge in [0.1, 0.15) is 0 Å². The number of hydrogen-bond donors (Lipinski definition) is 2. The quantitative estimate of drug-likeness (QED) is 0.768. The van der Waals surface area contributed by atoms with Gasteiger partial charge in [0, 0.05) is 5.56 Å². The van der Waals surface area contributed by atoms with E-state index in [1.165, 1.54) is 36.0 Å². The molecule has 3 aromatic rings. The fourth-order valence-corrected chi connectivity index (χ4v) is 3.46. The summed E-state index contributed by atoms with van der Waals surface area (Å²) in [6.07, 6.45) is 6.53. The van der Waals surface area contributed by atoms with Crippen molar-refractivity contribution in [1.29, 1.82) is 0 Å². The number of amides is 1. The van der Waals surface area contributed by atoms with Crippen molar-refractivity contribution in [3.63, 3.8) is 0 Å². The molecule has 1 aromatic heterocycles. The highest BCUT2D eigenvalue weighted by Gasteiger charge is 2.15. The maximum absolute atomic E-state index is 12.5. The number of rotatable bonds is 3. The molecule has 1 amide bonds. The highest BCUT2D eigenvalue weighted by molar-refractivity contribution is 5.97. The van der Waals surface area contributed by atoms with Crippen molar-refractivity contribution >= 4 is 16.9 Å². The summed E-state index contributed by atoms with van der Waals surface area (Å²) in [7, 11) is 0. The number of fused-ring (bicyclic) bond motifs is 2. The number of aromatic nitrogens is 2. The zero-order valence-corrected chi connectivity index (χ0v) is 13.8.